The molecule has 102 valence electrons. The minimum Gasteiger partial charge on any atom is -0.336 e. The summed E-state index contributed by atoms with van der Waals surface area (Å²) in [6.07, 6.45) is 1.20. The Labute approximate surface area is 113 Å². The van der Waals surface area contributed by atoms with Crippen LogP contribution in [0.2, 0.25) is 0 Å². The lowest BCUT2D eigenvalue weighted by molar-refractivity contribution is 0.0919. The molecule has 3 aliphatic heterocycles. The lowest BCUT2D eigenvalue weighted by atomic mass is 9.84. The van der Waals surface area contributed by atoms with E-state index in [9.17, 15) is 0 Å². The van der Waals surface area contributed by atoms with Gasteiger partial charge in [0.1, 0.15) is 0 Å². The molecule has 5 heteroatoms. The first-order valence-corrected chi connectivity index (χ1v) is 6.88. The summed E-state index contributed by atoms with van der Waals surface area (Å²) in [6.45, 7) is 4.30. The molecule has 1 aromatic rings. The molecule has 0 aromatic heterocycles. The predicted octanol–water partition coefficient (Wildman–Crippen LogP) is 0.820. The molecule has 3 atom stereocenters. The predicted molar refractivity (Wildman–Crippen MR) is 76.9 cm³/mol. The fraction of sp³-hybridized carbons (Fsp3) is 0.500. The number of hydrazine groups is 1. The van der Waals surface area contributed by atoms with E-state index >= 15 is 0 Å². The van der Waals surface area contributed by atoms with Crippen molar-refractivity contribution in [3.63, 3.8) is 0 Å². The lowest BCUT2D eigenvalue weighted by Crippen LogP contribution is -2.67. The van der Waals surface area contributed by atoms with Crippen LogP contribution in [0, 0.1) is 5.92 Å². The molecule has 3 fully saturated rings. The Balaban J connectivity index is 1.82. The van der Waals surface area contributed by atoms with Crippen molar-refractivity contribution in [1.82, 2.24) is 15.6 Å². The van der Waals surface area contributed by atoms with E-state index in [1.807, 2.05) is 30.3 Å². The van der Waals surface area contributed by atoms with Crippen LogP contribution in [-0.2, 0) is 0 Å². The first-order chi connectivity index (χ1) is 9.28. The van der Waals surface area contributed by atoms with Crippen LogP contribution in [0.25, 0.3) is 0 Å². The van der Waals surface area contributed by atoms with E-state index in [0.29, 0.717) is 12.1 Å². The molecule has 3 heterocycles. The van der Waals surface area contributed by atoms with Crippen molar-refractivity contribution >= 4 is 11.6 Å². The zero-order chi connectivity index (χ0) is 13.2. The van der Waals surface area contributed by atoms with Crippen LogP contribution in [-0.4, -0.2) is 36.0 Å². The van der Waals surface area contributed by atoms with Crippen molar-refractivity contribution in [3.8, 4) is 0 Å². The average molecular weight is 259 g/mol. The van der Waals surface area contributed by atoms with Gasteiger partial charge in [0, 0.05) is 25.2 Å². The Bertz CT molecular complexity index is 458. The van der Waals surface area contributed by atoms with Crippen molar-refractivity contribution in [2.45, 2.75) is 25.4 Å². The first kappa shape index (κ1) is 12.4. The molecule has 4 N–H and O–H groups in total. The smallest absolute Gasteiger partial charge is 0.213 e. The number of hydrogen-bond donors (Lipinski definition) is 3. The number of piperazine rings is 1. The van der Waals surface area contributed by atoms with Crippen LogP contribution in [0.3, 0.4) is 0 Å². The molecule has 3 saturated heterocycles. The molecule has 0 aliphatic carbocycles. The second-order valence-corrected chi connectivity index (χ2v) is 5.45. The zero-order valence-corrected chi connectivity index (χ0v) is 11.2. The van der Waals surface area contributed by atoms with E-state index in [0.717, 1.165) is 30.7 Å². The van der Waals surface area contributed by atoms with Crippen molar-refractivity contribution in [2.75, 3.05) is 13.1 Å². The highest BCUT2D eigenvalue weighted by Gasteiger charge is 2.39. The average Bonchev–Trinajstić information content (AvgIpc) is 2.46. The quantitative estimate of drug-likeness (QED) is 0.302. The SMILES string of the molecule is CC1CC2CNC1CN2C(=Nc1ccccc1)NN. The third kappa shape index (κ3) is 2.43. The van der Waals surface area contributed by atoms with Gasteiger partial charge in [-0.05, 0) is 24.5 Å². The molecule has 4 rings (SSSR count). The molecule has 0 amide bonds. The normalized spacial score (nSPS) is 30.5. The van der Waals surface area contributed by atoms with Crippen molar-refractivity contribution < 1.29 is 0 Å². The standard InChI is InChI=1S/C14H21N5/c1-10-7-12-8-16-13(10)9-19(12)14(18-15)17-11-5-3-2-4-6-11/h2-6,10,12-13,16H,7-9,15H2,1H3,(H,17,18). The number of rotatable bonds is 1. The van der Waals surface area contributed by atoms with Crippen LogP contribution in [0.1, 0.15) is 13.3 Å². The van der Waals surface area contributed by atoms with E-state index in [1.54, 1.807) is 0 Å². The number of hydrogen-bond acceptors (Lipinski definition) is 3. The van der Waals surface area contributed by atoms with Gasteiger partial charge < -0.3 is 10.2 Å². The largest absolute Gasteiger partial charge is 0.336 e. The topological polar surface area (TPSA) is 65.7 Å². The molecular weight excluding hydrogens is 238 g/mol. The van der Waals surface area contributed by atoms with E-state index in [2.05, 4.69) is 27.6 Å². The molecular formula is C14H21N5. The summed E-state index contributed by atoms with van der Waals surface area (Å²) >= 11 is 0. The Morgan fingerprint density at radius 1 is 1.42 bits per heavy atom. The van der Waals surface area contributed by atoms with Gasteiger partial charge in [0.05, 0.1) is 5.69 Å². The summed E-state index contributed by atoms with van der Waals surface area (Å²) in [6, 6.07) is 11.0. The number of para-hydroxylation sites is 1. The van der Waals surface area contributed by atoms with Crippen molar-refractivity contribution in [2.24, 2.45) is 16.8 Å². The van der Waals surface area contributed by atoms with E-state index in [-0.39, 0.29) is 0 Å². The zero-order valence-electron chi connectivity index (χ0n) is 11.2. The summed E-state index contributed by atoms with van der Waals surface area (Å²) in [5.41, 5.74) is 3.70. The fourth-order valence-electron chi connectivity index (χ4n) is 3.07. The highest BCUT2D eigenvalue weighted by atomic mass is 15.4. The summed E-state index contributed by atoms with van der Waals surface area (Å²) in [4.78, 5) is 6.92. The van der Waals surface area contributed by atoms with Gasteiger partial charge in [-0.25, -0.2) is 10.8 Å². The van der Waals surface area contributed by atoms with Crippen LogP contribution >= 0.6 is 0 Å². The van der Waals surface area contributed by atoms with E-state index < -0.39 is 0 Å². The summed E-state index contributed by atoms with van der Waals surface area (Å²) in [5.74, 6) is 7.18. The third-order valence-corrected chi connectivity index (χ3v) is 4.17. The van der Waals surface area contributed by atoms with Gasteiger partial charge in [-0.3, -0.25) is 5.43 Å². The molecule has 0 spiro atoms. The summed E-state index contributed by atoms with van der Waals surface area (Å²) in [7, 11) is 0. The Morgan fingerprint density at radius 2 is 2.21 bits per heavy atom. The highest BCUT2D eigenvalue weighted by molar-refractivity contribution is 5.82. The molecule has 3 unspecified atom stereocenters. The van der Waals surface area contributed by atoms with Crippen LogP contribution in [0.4, 0.5) is 5.69 Å². The minimum atomic E-state index is 0.485. The maximum absolute atomic E-state index is 5.68. The van der Waals surface area contributed by atoms with Gasteiger partial charge in [0.2, 0.25) is 5.96 Å². The molecule has 19 heavy (non-hydrogen) atoms. The number of piperidine rings is 2. The number of nitrogens with zero attached hydrogens (tertiary/aromatic N) is 2. The number of nitrogens with two attached hydrogens (primary N) is 1. The van der Waals surface area contributed by atoms with Crippen LogP contribution < -0.4 is 16.6 Å². The van der Waals surface area contributed by atoms with Gasteiger partial charge >= 0.3 is 0 Å². The Morgan fingerprint density at radius 3 is 2.79 bits per heavy atom. The number of nitrogens with one attached hydrogen (secondary N) is 2. The molecule has 3 aliphatic rings. The van der Waals surface area contributed by atoms with Crippen molar-refractivity contribution in [3.05, 3.63) is 30.3 Å². The number of guanidine groups is 1. The highest BCUT2D eigenvalue weighted by Crippen LogP contribution is 2.27. The monoisotopic (exact) mass is 259 g/mol. The third-order valence-electron chi connectivity index (χ3n) is 4.17. The van der Waals surface area contributed by atoms with E-state index in [1.165, 1.54) is 6.42 Å². The molecule has 1 aromatic carbocycles. The van der Waals surface area contributed by atoms with Gasteiger partial charge in [-0.1, -0.05) is 25.1 Å². The van der Waals surface area contributed by atoms with Gasteiger partial charge in [-0.2, -0.15) is 0 Å². The lowest BCUT2D eigenvalue weighted by Gasteiger charge is -2.50. The Hall–Kier alpha value is -1.59. The number of benzene rings is 1. The van der Waals surface area contributed by atoms with Crippen LogP contribution in [0.5, 0.6) is 0 Å². The van der Waals surface area contributed by atoms with Crippen LogP contribution in [0.15, 0.2) is 35.3 Å². The molecule has 0 saturated carbocycles. The number of aliphatic imine (C=N–C) groups is 1. The fourth-order valence-corrected chi connectivity index (χ4v) is 3.07. The minimum absolute atomic E-state index is 0.485. The summed E-state index contributed by atoms with van der Waals surface area (Å²) in [5, 5.41) is 3.58. The second kappa shape index (κ2) is 5.19. The van der Waals surface area contributed by atoms with Gasteiger partial charge in [-0.15, -0.1) is 0 Å². The molecule has 5 nitrogen and oxygen atoms in total. The molecule has 2 bridgehead atoms. The maximum atomic E-state index is 5.68. The Kier molecular flexibility index (Phi) is 3.40. The second-order valence-electron chi connectivity index (χ2n) is 5.45. The molecule has 0 radical (unpaired) electrons. The summed E-state index contributed by atoms with van der Waals surface area (Å²) < 4.78 is 0. The van der Waals surface area contributed by atoms with Gasteiger partial charge in [0.15, 0.2) is 0 Å². The van der Waals surface area contributed by atoms with E-state index in [4.69, 9.17) is 5.84 Å². The maximum Gasteiger partial charge on any atom is 0.213 e. The van der Waals surface area contributed by atoms with Crippen molar-refractivity contribution in [1.29, 1.82) is 0 Å². The van der Waals surface area contributed by atoms with Gasteiger partial charge in [0.25, 0.3) is 0 Å². The first-order valence-electron chi connectivity index (χ1n) is 6.88. The number of fused-ring (bicyclic) bond motifs is 3.